The van der Waals surface area contributed by atoms with E-state index in [1.54, 1.807) is 7.11 Å². The van der Waals surface area contributed by atoms with E-state index in [1.165, 1.54) is 0 Å². The lowest BCUT2D eigenvalue weighted by Gasteiger charge is -2.21. The van der Waals surface area contributed by atoms with E-state index in [0.717, 1.165) is 23.6 Å². The molecule has 126 valence electrons. The summed E-state index contributed by atoms with van der Waals surface area (Å²) in [7, 11) is 1.64. The summed E-state index contributed by atoms with van der Waals surface area (Å²) in [6.07, 6.45) is 0.809. The number of hydrogen-bond donors (Lipinski definition) is 1. The zero-order valence-electron chi connectivity index (χ0n) is 14.2. The number of benzene rings is 1. The molecule has 1 aromatic heterocycles. The van der Waals surface area contributed by atoms with Gasteiger partial charge in [0.25, 0.3) is 0 Å². The molecular weight excluding hydrogens is 294 g/mol. The first-order valence-electron chi connectivity index (χ1n) is 7.76. The van der Waals surface area contributed by atoms with Gasteiger partial charge in [0.15, 0.2) is 0 Å². The lowest BCUT2D eigenvalue weighted by Crippen LogP contribution is -2.21. The maximum Gasteiger partial charge on any atom is 0.119 e. The molecule has 2 rings (SSSR count). The second-order valence-corrected chi connectivity index (χ2v) is 6.39. The molecule has 0 aliphatic carbocycles. The molecule has 1 N–H and O–H groups in total. The number of rotatable bonds is 7. The highest BCUT2D eigenvalue weighted by molar-refractivity contribution is 5.31. The van der Waals surface area contributed by atoms with Crippen molar-refractivity contribution < 1.29 is 14.6 Å². The third-order valence-electron chi connectivity index (χ3n) is 3.51. The van der Waals surface area contributed by atoms with Crippen molar-refractivity contribution in [1.82, 2.24) is 15.0 Å². The standard InChI is InChI=1S/C17H25N3O3/c1-17(2,3)16-15(12-21)18-19-20(16)10-5-11-23-14-8-6-13(22-4)7-9-14/h6-9,21H,5,10-12H2,1-4H3. The van der Waals surface area contributed by atoms with Gasteiger partial charge in [-0.25, -0.2) is 4.68 Å². The lowest BCUT2D eigenvalue weighted by molar-refractivity contribution is 0.272. The Kier molecular flexibility index (Phi) is 5.60. The van der Waals surface area contributed by atoms with Crippen molar-refractivity contribution in [2.75, 3.05) is 13.7 Å². The molecular formula is C17H25N3O3. The molecule has 0 saturated heterocycles. The largest absolute Gasteiger partial charge is 0.497 e. The van der Waals surface area contributed by atoms with Gasteiger partial charge in [0.1, 0.15) is 17.2 Å². The maximum atomic E-state index is 9.41. The van der Waals surface area contributed by atoms with E-state index in [9.17, 15) is 5.11 Å². The van der Waals surface area contributed by atoms with Crippen LogP contribution in [0.4, 0.5) is 0 Å². The fourth-order valence-corrected chi connectivity index (χ4v) is 2.51. The fourth-order valence-electron chi connectivity index (χ4n) is 2.51. The quantitative estimate of drug-likeness (QED) is 0.794. The molecule has 0 atom stereocenters. The van der Waals surface area contributed by atoms with Gasteiger partial charge in [-0.15, -0.1) is 5.10 Å². The predicted octanol–water partition coefficient (Wildman–Crippen LogP) is 2.55. The topological polar surface area (TPSA) is 69.4 Å². The molecule has 0 radical (unpaired) electrons. The minimum absolute atomic E-state index is 0.0883. The van der Waals surface area contributed by atoms with Crippen molar-refractivity contribution in [3.63, 3.8) is 0 Å². The molecule has 0 amide bonds. The van der Waals surface area contributed by atoms with Crippen molar-refractivity contribution >= 4 is 0 Å². The lowest BCUT2D eigenvalue weighted by atomic mass is 9.90. The van der Waals surface area contributed by atoms with Crippen molar-refractivity contribution in [2.45, 2.75) is 45.8 Å². The summed E-state index contributed by atoms with van der Waals surface area (Å²) in [5.74, 6) is 1.63. The van der Waals surface area contributed by atoms with Gasteiger partial charge in [-0.3, -0.25) is 0 Å². The Bertz CT molecular complexity index is 615. The van der Waals surface area contributed by atoms with Gasteiger partial charge in [-0.1, -0.05) is 26.0 Å². The van der Waals surface area contributed by atoms with Gasteiger partial charge < -0.3 is 14.6 Å². The smallest absolute Gasteiger partial charge is 0.119 e. The summed E-state index contributed by atoms with van der Waals surface area (Å²) in [6, 6.07) is 7.52. The number of nitrogens with zero attached hydrogens (tertiary/aromatic N) is 3. The first kappa shape index (κ1) is 17.3. The minimum Gasteiger partial charge on any atom is -0.497 e. The second-order valence-electron chi connectivity index (χ2n) is 6.39. The second kappa shape index (κ2) is 7.46. The Morgan fingerprint density at radius 2 is 1.78 bits per heavy atom. The van der Waals surface area contributed by atoms with E-state index >= 15 is 0 Å². The van der Waals surface area contributed by atoms with Gasteiger partial charge in [-0.05, 0) is 24.3 Å². The summed E-state index contributed by atoms with van der Waals surface area (Å²) in [5.41, 5.74) is 1.51. The molecule has 1 aromatic carbocycles. The Morgan fingerprint density at radius 1 is 1.13 bits per heavy atom. The Balaban J connectivity index is 1.90. The molecule has 0 aliphatic rings. The number of methoxy groups -OCH3 is 1. The Morgan fingerprint density at radius 3 is 2.35 bits per heavy atom. The summed E-state index contributed by atoms with van der Waals surface area (Å²) in [5, 5.41) is 17.6. The van der Waals surface area contributed by atoms with Gasteiger partial charge >= 0.3 is 0 Å². The first-order valence-corrected chi connectivity index (χ1v) is 7.76. The normalized spacial score (nSPS) is 11.5. The molecule has 0 unspecified atom stereocenters. The number of aromatic nitrogens is 3. The van der Waals surface area contributed by atoms with Crippen LogP contribution in [0.15, 0.2) is 24.3 Å². The number of aliphatic hydroxyl groups excluding tert-OH is 1. The molecule has 6 heteroatoms. The van der Waals surface area contributed by atoms with Crippen LogP contribution in [-0.4, -0.2) is 33.8 Å². The van der Waals surface area contributed by atoms with Crippen LogP contribution in [0.2, 0.25) is 0 Å². The van der Waals surface area contributed by atoms with Crippen molar-refractivity contribution in [1.29, 1.82) is 0 Å². The number of hydrogen-bond acceptors (Lipinski definition) is 5. The summed E-state index contributed by atoms with van der Waals surface area (Å²) in [6.45, 7) is 7.48. The summed E-state index contributed by atoms with van der Waals surface area (Å²) in [4.78, 5) is 0. The summed E-state index contributed by atoms with van der Waals surface area (Å²) < 4.78 is 12.7. The van der Waals surface area contributed by atoms with Crippen molar-refractivity contribution in [3.8, 4) is 11.5 Å². The van der Waals surface area contributed by atoms with E-state index in [0.29, 0.717) is 18.8 Å². The molecule has 0 aliphatic heterocycles. The highest BCUT2D eigenvalue weighted by Gasteiger charge is 2.24. The molecule has 0 fully saturated rings. The van der Waals surface area contributed by atoms with Crippen LogP contribution in [0.3, 0.4) is 0 Å². The number of aryl methyl sites for hydroxylation is 1. The van der Waals surface area contributed by atoms with Crippen molar-refractivity contribution in [3.05, 3.63) is 35.7 Å². The van der Waals surface area contributed by atoms with Crippen LogP contribution in [0.1, 0.15) is 38.6 Å². The Hall–Kier alpha value is -2.08. The molecule has 1 heterocycles. The molecule has 6 nitrogen and oxygen atoms in total. The molecule has 23 heavy (non-hydrogen) atoms. The van der Waals surface area contributed by atoms with Crippen molar-refractivity contribution in [2.24, 2.45) is 0 Å². The summed E-state index contributed by atoms with van der Waals surface area (Å²) >= 11 is 0. The van der Waals surface area contributed by atoms with E-state index in [2.05, 4.69) is 31.1 Å². The van der Waals surface area contributed by atoms with Crippen LogP contribution in [0, 0.1) is 0 Å². The number of ether oxygens (including phenoxy) is 2. The highest BCUT2D eigenvalue weighted by atomic mass is 16.5. The van der Waals surface area contributed by atoms with Gasteiger partial charge in [0, 0.05) is 18.4 Å². The minimum atomic E-state index is -0.113. The monoisotopic (exact) mass is 319 g/mol. The predicted molar refractivity (Wildman–Crippen MR) is 87.8 cm³/mol. The SMILES string of the molecule is COc1ccc(OCCCn2nnc(CO)c2C(C)(C)C)cc1. The maximum absolute atomic E-state index is 9.41. The van der Waals surface area contributed by atoms with Gasteiger partial charge in [-0.2, -0.15) is 0 Å². The van der Waals surface area contributed by atoms with Crippen LogP contribution in [0.25, 0.3) is 0 Å². The Labute approximate surface area is 137 Å². The first-order chi connectivity index (χ1) is 11.0. The average Bonchev–Trinajstić information content (AvgIpc) is 2.95. The van der Waals surface area contributed by atoms with Crippen LogP contribution in [-0.2, 0) is 18.6 Å². The zero-order valence-corrected chi connectivity index (χ0v) is 14.2. The average molecular weight is 319 g/mol. The third kappa shape index (κ3) is 4.45. The molecule has 0 bridgehead atoms. The van der Waals surface area contributed by atoms with E-state index < -0.39 is 0 Å². The molecule has 0 saturated carbocycles. The van der Waals surface area contributed by atoms with Gasteiger partial charge in [0.05, 0.1) is 26.0 Å². The zero-order chi connectivity index (χ0) is 16.9. The van der Waals surface area contributed by atoms with E-state index in [4.69, 9.17) is 9.47 Å². The molecule has 2 aromatic rings. The highest BCUT2D eigenvalue weighted by Crippen LogP contribution is 2.25. The fraction of sp³-hybridized carbons (Fsp3) is 0.529. The molecule has 0 spiro atoms. The third-order valence-corrected chi connectivity index (χ3v) is 3.51. The van der Waals surface area contributed by atoms with E-state index in [1.807, 2.05) is 28.9 Å². The van der Waals surface area contributed by atoms with Crippen LogP contribution < -0.4 is 9.47 Å². The van der Waals surface area contributed by atoms with Crippen LogP contribution in [0.5, 0.6) is 11.5 Å². The van der Waals surface area contributed by atoms with Crippen LogP contribution >= 0.6 is 0 Å². The number of aliphatic hydroxyl groups is 1. The van der Waals surface area contributed by atoms with Gasteiger partial charge in [0.2, 0.25) is 0 Å². The van der Waals surface area contributed by atoms with E-state index in [-0.39, 0.29) is 12.0 Å².